The van der Waals surface area contributed by atoms with E-state index < -0.39 is 0 Å². The van der Waals surface area contributed by atoms with Gasteiger partial charge in [0.05, 0.1) is 15.4 Å². The third kappa shape index (κ3) is 2.82. The fourth-order valence-electron chi connectivity index (χ4n) is 1.99. The van der Waals surface area contributed by atoms with Gasteiger partial charge in [0.25, 0.3) is 11.8 Å². The monoisotopic (exact) mass is 333 g/mol. The Hall–Kier alpha value is -1.99. The van der Waals surface area contributed by atoms with Crippen LogP contribution >= 0.6 is 22.7 Å². The van der Waals surface area contributed by atoms with Gasteiger partial charge in [0, 0.05) is 11.3 Å². The van der Waals surface area contributed by atoms with E-state index in [0.29, 0.717) is 18.2 Å². The Kier molecular flexibility index (Phi) is 4.08. The average Bonchev–Trinajstić information content (AvgIpc) is 3.19. The van der Waals surface area contributed by atoms with E-state index in [1.807, 2.05) is 38.3 Å². The van der Waals surface area contributed by atoms with Gasteiger partial charge in [-0.1, -0.05) is 6.92 Å². The van der Waals surface area contributed by atoms with Crippen LogP contribution in [0.3, 0.4) is 0 Å². The molecule has 0 saturated heterocycles. The smallest absolute Gasteiger partial charge is 0.266 e. The number of amides is 1. The first-order chi connectivity index (χ1) is 10.6. The van der Waals surface area contributed by atoms with E-state index in [1.54, 1.807) is 0 Å². The zero-order valence-electron chi connectivity index (χ0n) is 12.5. The molecule has 0 saturated carbocycles. The quantitative estimate of drug-likeness (QED) is 0.773. The van der Waals surface area contributed by atoms with Crippen LogP contribution < -0.4 is 5.32 Å². The van der Waals surface area contributed by atoms with Crippen LogP contribution in [0.4, 0.5) is 5.69 Å². The number of thiophene rings is 2. The van der Waals surface area contributed by atoms with Crippen molar-refractivity contribution in [2.75, 3.05) is 5.32 Å². The Morgan fingerprint density at radius 3 is 2.82 bits per heavy atom. The molecule has 0 aliphatic carbocycles. The van der Waals surface area contributed by atoms with Gasteiger partial charge in [0.2, 0.25) is 5.89 Å². The summed E-state index contributed by atoms with van der Waals surface area (Å²) in [5.74, 6) is 1.03. The molecular formula is C15H15N3O2S2. The summed E-state index contributed by atoms with van der Waals surface area (Å²) in [4.78, 5) is 14.9. The van der Waals surface area contributed by atoms with Crippen molar-refractivity contribution in [2.24, 2.45) is 0 Å². The maximum Gasteiger partial charge on any atom is 0.266 e. The molecule has 1 N–H and O–H groups in total. The van der Waals surface area contributed by atoms with E-state index >= 15 is 0 Å². The summed E-state index contributed by atoms with van der Waals surface area (Å²) in [5, 5.41) is 12.9. The molecule has 114 valence electrons. The molecule has 3 rings (SSSR count). The topological polar surface area (TPSA) is 68.0 Å². The predicted molar refractivity (Wildman–Crippen MR) is 88.7 cm³/mol. The number of aromatic nitrogens is 2. The summed E-state index contributed by atoms with van der Waals surface area (Å²) in [6.45, 7) is 5.86. The van der Waals surface area contributed by atoms with Gasteiger partial charge in [-0.05, 0) is 36.9 Å². The van der Waals surface area contributed by atoms with Crippen molar-refractivity contribution >= 4 is 34.3 Å². The highest BCUT2D eigenvalue weighted by Crippen LogP contribution is 2.34. The summed E-state index contributed by atoms with van der Waals surface area (Å²) in [5.41, 5.74) is 1.77. The van der Waals surface area contributed by atoms with Crippen molar-refractivity contribution in [1.29, 1.82) is 0 Å². The summed E-state index contributed by atoms with van der Waals surface area (Å²) >= 11 is 2.97. The van der Waals surface area contributed by atoms with Crippen molar-refractivity contribution < 1.29 is 9.21 Å². The Balaban J connectivity index is 1.83. The molecule has 0 aromatic carbocycles. The Morgan fingerprint density at radius 2 is 2.18 bits per heavy atom. The Bertz CT molecular complexity index is 816. The molecule has 0 spiro atoms. The predicted octanol–water partition coefficient (Wildman–Crippen LogP) is 4.29. The largest absolute Gasteiger partial charge is 0.420 e. The highest BCUT2D eigenvalue weighted by Gasteiger charge is 2.16. The first-order valence-electron chi connectivity index (χ1n) is 6.87. The SMILES string of the molecule is CCc1nnc(-c2cc(NC(=O)c3sccc3C)c(C)s2)o1. The standard InChI is InChI=1S/C15H15N3O2S2/c1-4-12-17-18-15(20-12)11-7-10(9(3)22-11)16-14(19)13-8(2)5-6-21-13/h5-7H,4H2,1-3H3,(H,16,19). The van der Waals surface area contributed by atoms with Gasteiger partial charge in [-0.15, -0.1) is 32.9 Å². The van der Waals surface area contributed by atoms with Crippen LogP contribution in [0.5, 0.6) is 0 Å². The highest BCUT2D eigenvalue weighted by molar-refractivity contribution is 7.16. The van der Waals surface area contributed by atoms with E-state index in [1.165, 1.54) is 22.7 Å². The van der Waals surface area contributed by atoms with Crippen LogP contribution in [0.15, 0.2) is 21.9 Å². The molecule has 7 heteroatoms. The zero-order chi connectivity index (χ0) is 15.7. The lowest BCUT2D eigenvalue weighted by Gasteiger charge is -2.03. The van der Waals surface area contributed by atoms with Crippen molar-refractivity contribution in [3.8, 4) is 10.8 Å². The van der Waals surface area contributed by atoms with Crippen LogP contribution in [0, 0.1) is 13.8 Å². The van der Waals surface area contributed by atoms with E-state index in [-0.39, 0.29) is 5.91 Å². The van der Waals surface area contributed by atoms with E-state index in [9.17, 15) is 4.79 Å². The van der Waals surface area contributed by atoms with Crippen LogP contribution in [0.25, 0.3) is 10.8 Å². The maximum atomic E-state index is 12.3. The lowest BCUT2D eigenvalue weighted by Crippen LogP contribution is -2.11. The van der Waals surface area contributed by atoms with E-state index in [4.69, 9.17) is 4.42 Å². The van der Waals surface area contributed by atoms with Gasteiger partial charge in [-0.25, -0.2) is 0 Å². The van der Waals surface area contributed by atoms with Crippen LogP contribution in [-0.4, -0.2) is 16.1 Å². The van der Waals surface area contributed by atoms with Crippen molar-refractivity contribution in [1.82, 2.24) is 10.2 Å². The number of hydrogen-bond acceptors (Lipinski definition) is 6. The molecule has 0 bridgehead atoms. The molecule has 3 heterocycles. The number of carbonyl (C=O) groups excluding carboxylic acids is 1. The zero-order valence-corrected chi connectivity index (χ0v) is 14.1. The minimum atomic E-state index is -0.0836. The summed E-state index contributed by atoms with van der Waals surface area (Å²) in [6, 6.07) is 3.82. The van der Waals surface area contributed by atoms with Gasteiger partial charge >= 0.3 is 0 Å². The van der Waals surface area contributed by atoms with Gasteiger partial charge < -0.3 is 9.73 Å². The first-order valence-corrected chi connectivity index (χ1v) is 8.56. The molecule has 0 unspecified atom stereocenters. The van der Waals surface area contributed by atoms with Crippen molar-refractivity contribution in [2.45, 2.75) is 27.2 Å². The van der Waals surface area contributed by atoms with Gasteiger partial charge in [-0.2, -0.15) is 0 Å². The van der Waals surface area contributed by atoms with Crippen LogP contribution in [0.1, 0.15) is 32.9 Å². The second kappa shape index (κ2) is 6.02. The third-order valence-electron chi connectivity index (χ3n) is 3.21. The number of anilines is 1. The number of nitrogens with zero attached hydrogens (tertiary/aromatic N) is 2. The lowest BCUT2D eigenvalue weighted by atomic mass is 10.2. The lowest BCUT2D eigenvalue weighted by molar-refractivity contribution is 0.103. The fourth-order valence-corrected chi connectivity index (χ4v) is 3.71. The molecule has 5 nitrogen and oxygen atoms in total. The average molecular weight is 333 g/mol. The number of rotatable bonds is 4. The third-order valence-corrected chi connectivity index (χ3v) is 5.27. The molecule has 0 aliphatic rings. The summed E-state index contributed by atoms with van der Waals surface area (Å²) < 4.78 is 5.56. The second-order valence-electron chi connectivity index (χ2n) is 4.82. The maximum absolute atomic E-state index is 12.3. The Labute approximate surface area is 136 Å². The summed E-state index contributed by atoms with van der Waals surface area (Å²) in [6.07, 6.45) is 0.707. The second-order valence-corrected chi connectivity index (χ2v) is 6.99. The van der Waals surface area contributed by atoms with Crippen molar-refractivity contribution in [3.63, 3.8) is 0 Å². The molecule has 22 heavy (non-hydrogen) atoms. The highest BCUT2D eigenvalue weighted by atomic mass is 32.1. The molecule has 3 aromatic heterocycles. The molecule has 0 aliphatic heterocycles. The van der Waals surface area contributed by atoms with Gasteiger partial charge in [0.15, 0.2) is 0 Å². The molecular weight excluding hydrogens is 318 g/mol. The van der Waals surface area contributed by atoms with E-state index in [0.717, 1.165) is 25.9 Å². The molecule has 1 amide bonds. The number of aryl methyl sites for hydroxylation is 3. The molecule has 0 radical (unpaired) electrons. The fraction of sp³-hybridized carbons (Fsp3) is 0.267. The number of nitrogens with one attached hydrogen (secondary N) is 1. The summed E-state index contributed by atoms with van der Waals surface area (Å²) in [7, 11) is 0. The van der Waals surface area contributed by atoms with Gasteiger partial charge in [-0.3, -0.25) is 4.79 Å². The Morgan fingerprint density at radius 1 is 1.36 bits per heavy atom. The van der Waals surface area contributed by atoms with Crippen LogP contribution in [-0.2, 0) is 6.42 Å². The molecule has 0 fully saturated rings. The molecule has 0 atom stereocenters. The van der Waals surface area contributed by atoms with Crippen molar-refractivity contribution in [3.05, 3.63) is 38.7 Å². The first kappa shape index (κ1) is 14.9. The van der Waals surface area contributed by atoms with E-state index in [2.05, 4.69) is 15.5 Å². The minimum Gasteiger partial charge on any atom is -0.420 e. The molecule has 3 aromatic rings. The number of carbonyl (C=O) groups is 1. The number of hydrogen-bond donors (Lipinski definition) is 1. The van der Waals surface area contributed by atoms with Gasteiger partial charge in [0.1, 0.15) is 0 Å². The minimum absolute atomic E-state index is 0.0836. The normalized spacial score (nSPS) is 10.9. The van der Waals surface area contributed by atoms with Crippen LogP contribution in [0.2, 0.25) is 0 Å².